The number of aliphatic hydroxyl groups excluding tert-OH is 1. The third kappa shape index (κ3) is 3.97. The highest BCUT2D eigenvalue weighted by molar-refractivity contribution is 7.16. The van der Waals surface area contributed by atoms with Crippen molar-refractivity contribution < 1.29 is 9.90 Å². The molecule has 0 saturated heterocycles. The number of carbonyl (C=O) groups is 1. The molecule has 0 radical (unpaired) electrons. The van der Waals surface area contributed by atoms with Gasteiger partial charge in [0.05, 0.1) is 16.9 Å². The van der Waals surface area contributed by atoms with Gasteiger partial charge >= 0.3 is 0 Å². The number of amides is 1. The first kappa shape index (κ1) is 13.8. The second kappa shape index (κ2) is 6.55. The average molecular weight is 288 g/mol. The summed E-state index contributed by atoms with van der Waals surface area (Å²) in [6.45, 7) is 0.582. The van der Waals surface area contributed by atoms with Crippen molar-refractivity contribution in [3.63, 3.8) is 0 Å². The van der Waals surface area contributed by atoms with Gasteiger partial charge in [0.1, 0.15) is 0 Å². The van der Waals surface area contributed by atoms with E-state index in [-0.39, 0.29) is 17.9 Å². The predicted octanol–water partition coefficient (Wildman–Crippen LogP) is 2.61. The van der Waals surface area contributed by atoms with Crippen LogP contribution < -0.4 is 5.32 Å². The lowest BCUT2D eigenvalue weighted by atomic mass is 9.86. The molecule has 0 spiro atoms. The highest BCUT2D eigenvalue weighted by Crippen LogP contribution is 2.24. The van der Waals surface area contributed by atoms with Crippen LogP contribution in [-0.2, 0) is 11.2 Å². The molecule has 2 atom stereocenters. The zero-order valence-electron chi connectivity index (χ0n) is 10.2. The fourth-order valence-corrected chi connectivity index (χ4v) is 3.42. The normalized spacial score (nSPS) is 23.9. The van der Waals surface area contributed by atoms with E-state index >= 15 is 0 Å². The average Bonchev–Trinajstić information content (AvgIpc) is 2.74. The van der Waals surface area contributed by atoms with Crippen molar-refractivity contribution in [2.45, 2.75) is 38.2 Å². The fourth-order valence-electron chi connectivity index (χ4n) is 2.34. The van der Waals surface area contributed by atoms with Gasteiger partial charge < -0.3 is 10.4 Å². The molecule has 5 heteroatoms. The van der Waals surface area contributed by atoms with E-state index in [2.05, 4.69) is 5.32 Å². The Hall–Kier alpha value is -0.580. The number of carbonyl (C=O) groups excluding carboxylic acids is 1. The van der Waals surface area contributed by atoms with E-state index in [0.717, 1.165) is 30.6 Å². The molecule has 1 aromatic rings. The van der Waals surface area contributed by atoms with Crippen LogP contribution in [0.15, 0.2) is 12.1 Å². The monoisotopic (exact) mass is 287 g/mol. The third-order valence-electron chi connectivity index (χ3n) is 3.39. The van der Waals surface area contributed by atoms with Gasteiger partial charge in [-0.3, -0.25) is 4.79 Å². The van der Waals surface area contributed by atoms with Crippen molar-refractivity contribution in [3.8, 4) is 0 Å². The zero-order chi connectivity index (χ0) is 13.0. The van der Waals surface area contributed by atoms with Gasteiger partial charge in [-0.15, -0.1) is 11.3 Å². The van der Waals surface area contributed by atoms with Gasteiger partial charge in [0.25, 0.3) is 0 Å². The number of aliphatic hydroxyl groups is 1. The minimum Gasteiger partial charge on any atom is -0.393 e. The molecule has 18 heavy (non-hydrogen) atoms. The van der Waals surface area contributed by atoms with Crippen LogP contribution in [0, 0.1) is 5.92 Å². The summed E-state index contributed by atoms with van der Waals surface area (Å²) in [5.41, 5.74) is 0. The Labute approximate surface area is 116 Å². The lowest BCUT2D eigenvalue weighted by Gasteiger charge is -2.27. The maximum absolute atomic E-state index is 11.7. The number of hydrogen-bond acceptors (Lipinski definition) is 3. The van der Waals surface area contributed by atoms with Gasteiger partial charge in [-0.25, -0.2) is 0 Å². The minimum atomic E-state index is -0.254. The Morgan fingerprint density at radius 2 is 2.22 bits per heavy atom. The molecular formula is C13H18ClNO2S. The van der Waals surface area contributed by atoms with Gasteiger partial charge in [0.15, 0.2) is 0 Å². The lowest BCUT2D eigenvalue weighted by Crippen LogP contribution is -2.37. The topological polar surface area (TPSA) is 49.3 Å². The lowest BCUT2D eigenvalue weighted by molar-refractivity contribution is -0.120. The summed E-state index contributed by atoms with van der Waals surface area (Å²) < 4.78 is 0.709. The van der Waals surface area contributed by atoms with Crippen molar-refractivity contribution in [3.05, 3.63) is 21.3 Å². The van der Waals surface area contributed by atoms with E-state index in [1.54, 1.807) is 6.07 Å². The Kier molecular flexibility index (Phi) is 5.03. The van der Waals surface area contributed by atoms with E-state index in [1.807, 2.05) is 6.07 Å². The van der Waals surface area contributed by atoms with Crippen LogP contribution in [0.4, 0.5) is 0 Å². The van der Waals surface area contributed by atoms with Gasteiger partial charge in [0, 0.05) is 17.3 Å². The molecule has 100 valence electrons. The minimum absolute atomic E-state index is 0.00582. The summed E-state index contributed by atoms with van der Waals surface area (Å²) in [6, 6.07) is 3.68. The number of thiophene rings is 1. The van der Waals surface area contributed by atoms with Gasteiger partial charge in [-0.2, -0.15) is 0 Å². The first-order valence-electron chi connectivity index (χ1n) is 6.34. The maximum Gasteiger partial charge on any atom is 0.225 e. The molecule has 1 amide bonds. The summed E-state index contributed by atoms with van der Waals surface area (Å²) in [7, 11) is 0. The third-order valence-corrected chi connectivity index (χ3v) is 4.63. The molecule has 0 bridgehead atoms. The Morgan fingerprint density at radius 1 is 1.44 bits per heavy atom. The number of hydrogen-bond donors (Lipinski definition) is 2. The van der Waals surface area contributed by atoms with Crippen LogP contribution in [0.5, 0.6) is 0 Å². The molecule has 0 aromatic carbocycles. The van der Waals surface area contributed by atoms with Crippen molar-refractivity contribution in [1.82, 2.24) is 5.32 Å². The summed E-state index contributed by atoms with van der Waals surface area (Å²) in [6.07, 6.45) is 4.24. The fraction of sp³-hybridized carbons (Fsp3) is 0.615. The molecule has 1 aromatic heterocycles. The van der Waals surface area contributed by atoms with E-state index in [9.17, 15) is 9.90 Å². The first-order valence-corrected chi connectivity index (χ1v) is 7.53. The molecule has 1 saturated carbocycles. The smallest absolute Gasteiger partial charge is 0.225 e. The van der Waals surface area contributed by atoms with Crippen molar-refractivity contribution in [2.75, 3.05) is 6.54 Å². The SMILES string of the molecule is O=C(Cc1ccc(Cl)s1)NC[C@H]1CCCC[C@@H]1O. The predicted molar refractivity (Wildman–Crippen MR) is 74.0 cm³/mol. The zero-order valence-corrected chi connectivity index (χ0v) is 11.8. The Balaban J connectivity index is 1.74. The molecule has 1 heterocycles. The standard InChI is InChI=1S/C13H18ClNO2S/c14-12-6-5-10(18-12)7-13(17)15-8-9-3-1-2-4-11(9)16/h5-6,9,11,16H,1-4,7-8H2,(H,15,17)/t9-,11+/m1/s1. The van der Waals surface area contributed by atoms with Crippen molar-refractivity contribution in [1.29, 1.82) is 0 Å². The summed E-state index contributed by atoms with van der Waals surface area (Å²) in [5.74, 6) is 0.223. The van der Waals surface area contributed by atoms with Crippen molar-refractivity contribution >= 4 is 28.8 Å². The number of nitrogens with one attached hydrogen (secondary N) is 1. The molecule has 0 unspecified atom stereocenters. The van der Waals surface area contributed by atoms with E-state index < -0.39 is 0 Å². The second-order valence-corrected chi connectivity index (χ2v) is 6.60. The van der Waals surface area contributed by atoms with Crippen LogP contribution >= 0.6 is 22.9 Å². The number of rotatable bonds is 4. The molecule has 2 rings (SSSR count). The Morgan fingerprint density at radius 3 is 2.89 bits per heavy atom. The molecular weight excluding hydrogens is 270 g/mol. The molecule has 1 aliphatic carbocycles. The van der Waals surface area contributed by atoms with Crippen LogP contribution in [0.3, 0.4) is 0 Å². The highest BCUT2D eigenvalue weighted by atomic mass is 35.5. The quantitative estimate of drug-likeness (QED) is 0.894. The first-order chi connectivity index (χ1) is 8.65. The molecule has 3 nitrogen and oxygen atoms in total. The van der Waals surface area contributed by atoms with Gasteiger partial charge in [-0.05, 0) is 25.0 Å². The van der Waals surface area contributed by atoms with Crippen molar-refractivity contribution in [2.24, 2.45) is 5.92 Å². The van der Waals surface area contributed by atoms with Crippen LogP contribution in [0.2, 0.25) is 4.34 Å². The summed E-state index contributed by atoms with van der Waals surface area (Å²) in [4.78, 5) is 12.7. The van der Waals surface area contributed by atoms with Gasteiger partial charge in [-0.1, -0.05) is 24.4 Å². The summed E-state index contributed by atoms with van der Waals surface area (Å²) >= 11 is 7.25. The largest absolute Gasteiger partial charge is 0.393 e. The maximum atomic E-state index is 11.7. The summed E-state index contributed by atoms with van der Waals surface area (Å²) in [5, 5.41) is 12.7. The highest BCUT2D eigenvalue weighted by Gasteiger charge is 2.23. The van der Waals surface area contributed by atoms with Crippen LogP contribution in [0.25, 0.3) is 0 Å². The van der Waals surface area contributed by atoms with Gasteiger partial charge in [0.2, 0.25) is 5.91 Å². The van der Waals surface area contributed by atoms with E-state index in [1.165, 1.54) is 11.3 Å². The van der Waals surface area contributed by atoms with E-state index in [4.69, 9.17) is 11.6 Å². The Bertz CT molecular complexity index is 407. The van der Waals surface area contributed by atoms with Crippen LogP contribution in [-0.4, -0.2) is 23.7 Å². The molecule has 1 fully saturated rings. The number of halogens is 1. The molecule has 2 N–H and O–H groups in total. The van der Waals surface area contributed by atoms with Crippen LogP contribution in [0.1, 0.15) is 30.6 Å². The molecule has 0 aliphatic heterocycles. The second-order valence-electron chi connectivity index (χ2n) is 4.80. The van der Waals surface area contributed by atoms with E-state index in [0.29, 0.717) is 17.3 Å². The molecule has 1 aliphatic rings.